The molecule has 1 aromatic carbocycles. The molecule has 1 aromatic heterocycles. The molecule has 5 nitrogen and oxygen atoms in total. The average Bonchev–Trinajstić information content (AvgIpc) is 2.85. The first-order valence-electron chi connectivity index (χ1n) is 7.66. The van der Waals surface area contributed by atoms with Crippen LogP contribution in [0.15, 0.2) is 18.2 Å². The molecule has 5 heteroatoms. The van der Waals surface area contributed by atoms with E-state index in [1.54, 1.807) is 12.1 Å². The second-order valence-electron chi connectivity index (χ2n) is 6.13. The molecule has 1 unspecified atom stereocenters. The van der Waals surface area contributed by atoms with E-state index in [1.807, 2.05) is 6.07 Å². The predicted molar refractivity (Wildman–Crippen MR) is 84.6 cm³/mol. The highest BCUT2D eigenvalue weighted by molar-refractivity contribution is 5.78. The number of aromatic hydroxyl groups is 1. The summed E-state index contributed by atoms with van der Waals surface area (Å²) in [4.78, 5) is 6.99. The Bertz CT molecular complexity index is 628. The Morgan fingerprint density at radius 3 is 2.71 bits per heavy atom. The Kier molecular flexibility index (Phi) is 3.87. The van der Waals surface area contributed by atoms with Crippen molar-refractivity contribution >= 4 is 11.0 Å². The van der Waals surface area contributed by atoms with Crippen molar-refractivity contribution < 1.29 is 5.11 Å². The van der Waals surface area contributed by atoms with Gasteiger partial charge in [0, 0.05) is 12.1 Å². The van der Waals surface area contributed by atoms with Crippen LogP contribution in [0.4, 0.5) is 0 Å². The Morgan fingerprint density at radius 2 is 2.05 bits per heavy atom. The topological polar surface area (TPSA) is 53.3 Å². The second kappa shape index (κ2) is 5.66. The van der Waals surface area contributed by atoms with Crippen LogP contribution in [0, 0.1) is 0 Å². The minimum absolute atomic E-state index is 0.245. The van der Waals surface area contributed by atoms with Crippen LogP contribution >= 0.6 is 0 Å². The van der Waals surface area contributed by atoms with Gasteiger partial charge in [-0.1, -0.05) is 0 Å². The Hall–Kier alpha value is -1.59. The van der Waals surface area contributed by atoms with Gasteiger partial charge in [0.1, 0.15) is 11.6 Å². The summed E-state index contributed by atoms with van der Waals surface area (Å²) in [5, 5.41) is 13.1. The van der Waals surface area contributed by atoms with Crippen LogP contribution in [0.2, 0.25) is 0 Å². The first-order valence-corrected chi connectivity index (χ1v) is 7.66. The summed E-state index contributed by atoms with van der Waals surface area (Å²) in [6, 6.07) is 6.24. The third-order valence-corrected chi connectivity index (χ3v) is 4.52. The van der Waals surface area contributed by atoms with Gasteiger partial charge < -0.3 is 15.0 Å². The van der Waals surface area contributed by atoms with Gasteiger partial charge in [0.25, 0.3) is 0 Å². The van der Waals surface area contributed by atoms with Gasteiger partial charge >= 0.3 is 0 Å². The highest BCUT2D eigenvalue weighted by Crippen LogP contribution is 2.32. The number of phenolic OH excluding ortho intramolecular Hbond substituents is 1. The molecule has 2 aromatic rings. The number of rotatable bonds is 3. The number of nitrogens with one attached hydrogen (secondary N) is 1. The standard InChI is InChI=1S/C16H24N4O/c1-11(19(2)3)16-18-14-10-13(21)4-5-15(14)20(16)12-6-8-17-9-7-12/h4-5,10-12,17,21H,6-9H2,1-3H3. The van der Waals surface area contributed by atoms with Crippen LogP contribution in [0.3, 0.4) is 0 Å². The zero-order chi connectivity index (χ0) is 15.0. The molecule has 0 saturated carbocycles. The van der Waals surface area contributed by atoms with Gasteiger partial charge in [-0.15, -0.1) is 0 Å². The highest BCUT2D eigenvalue weighted by Gasteiger charge is 2.24. The summed E-state index contributed by atoms with van der Waals surface area (Å²) < 4.78 is 2.39. The molecule has 1 fully saturated rings. The molecule has 0 bridgehead atoms. The molecular weight excluding hydrogens is 264 g/mol. The summed E-state index contributed by atoms with van der Waals surface area (Å²) in [5.41, 5.74) is 2.01. The number of phenols is 1. The lowest BCUT2D eigenvalue weighted by molar-refractivity contribution is 0.283. The van der Waals surface area contributed by atoms with Gasteiger partial charge in [-0.2, -0.15) is 0 Å². The fraction of sp³-hybridized carbons (Fsp3) is 0.562. The largest absolute Gasteiger partial charge is 0.508 e. The smallest absolute Gasteiger partial charge is 0.127 e. The Morgan fingerprint density at radius 1 is 1.33 bits per heavy atom. The number of piperidine rings is 1. The third kappa shape index (κ3) is 2.63. The molecule has 21 heavy (non-hydrogen) atoms. The molecule has 1 atom stereocenters. The van der Waals surface area contributed by atoms with E-state index in [1.165, 1.54) is 0 Å². The normalized spacial score (nSPS) is 18.5. The molecule has 3 rings (SSSR count). The van der Waals surface area contributed by atoms with Crippen LogP contribution in [-0.2, 0) is 0 Å². The van der Waals surface area contributed by atoms with Crippen molar-refractivity contribution in [1.29, 1.82) is 0 Å². The average molecular weight is 288 g/mol. The fourth-order valence-electron chi connectivity index (χ4n) is 3.08. The maximum atomic E-state index is 9.72. The second-order valence-corrected chi connectivity index (χ2v) is 6.13. The van der Waals surface area contributed by atoms with Gasteiger partial charge in [-0.05, 0) is 59.1 Å². The van der Waals surface area contributed by atoms with Gasteiger partial charge in [0.15, 0.2) is 0 Å². The molecule has 1 aliphatic rings. The molecule has 2 heterocycles. The molecule has 0 aliphatic carbocycles. The van der Waals surface area contributed by atoms with E-state index in [0.717, 1.165) is 42.8 Å². The van der Waals surface area contributed by atoms with E-state index in [-0.39, 0.29) is 11.8 Å². The molecule has 114 valence electrons. The highest BCUT2D eigenvalue weighted by atomic mass is 16.3. The molecule has 0 spiro atoms. The van der Waals surface area contributed by atoms with Crippen molar-refractivity contribution in [2.45, 2.75) is 31.8 Å². The van der Waals surface area contributed by atoms with E-state index >= 15 is 0 Å². The van der Waals surface area contributed by atoms with Gasteiger partial charge in [0.2, 0.25) is 0 Å². The van der Waals surface area contributed by atoms with E-state index in [9.17, 15) is 5.11 Å². The van der Waals surface area contributed by atoms with Gasteiger partial charge in [0.05, 0.1) is 17.1 Å². The number of hydrogen-bond donors (Lipinski definition) is 2. The third-order valence-electron chi connectivity index (χ3n) is 4.52. The number of imidazole rings is 1. The monoisotopic (exact) mass is 288 g/mol. The predicted octanol–water partition coefficient (Wildman–Crippen LogP) is 2.29. The van der Waals surface area contributed by atoms with E-state index in [4.69, 9.17) is 4.98 Å². The fourth-order valence-corrected chi connectivity index (χ4v) is 3.08. The zero-order valence-corrected chi connectivity index (χ0v) is 13.0. The summed E-state index contributed by atoms with van der Waals surface area (Å²) in [7, 11) is 4.16. The van der Waals surface area contributed by atoms with Crippen LogP contribution < -0.4 is 5.32 Å². The van der Waals surface area contributed by atoms with Crippen molar-refractivity contribution in [3.05, 3.63) is 24.0 Å². The Balaban J connectivity index is 2.14. The molecule has 0 amide bonds. The molecule has 2 N–H and O–H groups in total. The maximum Gasteiger partial charge on any atom is 0.127 e. The lowest BCUT2D eigenvalue weighted by atomic mass is 10.1. The van der Waals surface area contributed by atoms with Crippen molar-refractivity contribution in [2.75, 3.05) is 27.2 Å². The molecule has 0 radical (unpaired) electrons. The minimum atomic E-state index is 0.245. The number of aromatic nitrogens is 2. The van der Waals surface area contributed by atoms with Crippen LogP contribution in [-0.4, -0.2) is 46.7 Å². The minimum Gasteiger partial charge on any atom is -0.508 e. The number of fused-ring (bicyclic) bond motifs is 1. The van der Waals surface area contributed by atoms with Crippen molar-refractivity contribution in [2.24, 2.45) is 0 Å². The molecule has 1 aliphatic heterocycles. The van der Waals surface area contributed by atoms with E-state index in [0.29, 0.717) is 6.04 Å². The van der Waals surface area contributed by atoms with Crippen LogP contribution in [0.5, 0.6) is 5.75 Å². The zero-order valence-electron chi connectivity index (χ0n) is 13.0. The summed E-state index contributed by atoms with van der Waals surface area (Å²) in [6.07, 6.45) is 2.25. The number of nitrogens with zero attached hydrogens (tertiary/aromatic N) is 3. The number of hydrogen-bond acceptors (Lipinski definition) is 4. The van der Waals surface area contributed by atoms with Crippen molar-refractivity contribution in [1.82, 2.24) is 19.8 Å². The van der Waals surface area contributed by atoms with Crippen molar-refractivity contribution in [3.8, 4) is 5.75 Å². The molecular formula is C16H24N4O. The lowest BCUT2D eigenvalue weighted by Gasteiger charge is -2.29. The maximum absolute atomic E-state index is 9.72. The van der Waals surface area contributed by atoms with Crippen LogP contribution in [0.25, 0.3) is 11.0 Å². The van der Waals surface area contributed by atoms with Gasteiger partial charge in [-0.3, -0.25) is 4.90 Å². The van der Waals surface area contributed by atoms with Crippen LogP contribution in [0.1, 0.15) is 37.7 Å². The lowest BCUT2D eigenvalue weighted by Crippen LogP contribution is -2.31. The summed E-state index contributed by atoms with van der Waals surface area (Å²) in [6.45, 7) is 4.29. The molecule has 1 saturated heterocycles. The Labute approximate surface area is 125 Å². The first kappa shape index (κ1) is 14.4. The van der Waals surface area contributed by atoms with E-state index < -0.39 is 0 Å². The van der Waals surface area contributed by atoms with Crippen molar-refractivity contribution in [3.63, 3.8) is 0 Å². The summed E-state index contributed by atoms with van der Waals surface area (Å²) in [5.74, 6) is 1.37. The number of benzene rings is 1. The van der Waals surface area contributed by atoms with E-state index in [2.05, 4.69) is 35.8 Å². The summed E-state index contributed by atoms with van der Waals surface area (Å²) >= 11 is 0. The van der Waals surface area contributed by atoms with Gasteiger partial charge in [-0.25, -0.2) is 4.98 Å². The SMILES string of the molecule is CC(c1nc2cc(O)ccc2n1C1CCNCC1)N(C)C. The first-order chi connectivity index (χ1) is 10.1. The quantitative estimate of drug-likeness (QED) is 0.910.